The fraction of sp³-hybridized carbons (Fsp3) is 0.267. The Morgan fingerprint density at radius 1 is 1.22 bits per heavy atom. The summed E-state index contributed by atoms with van der Waals surface area (Å²) < 4.78 is 0. The zero-order valence-electron chi connectivity index (χ0n) is 10.6. The molecular formula is C15H17N3. The molecule has 0 radical (unpaired) electrons. The number of nitrogens with two attached hydrogens (primary N) is 1. The van der Waals surface area contributed by atoms with E-state index in [2.05, 4.69) is 41.1 Å². The van der Waals surface area contributed by atoms with Gasteiger partial charge in [0.25, 0.3) is 0 Å². The normalized spacial score (nSPS) is 14.4. The first-order valence-corrected chi connectivity index (χ1v) is 6.28. The average molecular weight is 239 g/mol. The number of aromatic nitrogens is 1. The molecule has 3 heteroatoms. The van der Waals surface area contributed by atoms with E-state index in [-0.39, 0.29) is 0 Å². The summed E-state index contributed by atoms with van der Waals surface area (Å²) in [6.07, 6.45) is 2.98. The van der Waals surface area contributed by atoms with Gasteiger partial charge in [0.1, 0.15) is 5.82 Å². The number of pyridine rings is 1. The number of aryl methyl sites for hydroxylation is 1. The number of rotatable bonds is 1. The van der Waals surface area contributed by atoms with E-state index in [1.165, 1.54) is 22.4 Å². The minimum Gasteiger partial charge on any atom is -0.384 e. The van der Waals surface area contributed by atoms with Crippen molar-refractivity contribution in [2.24, 2.45) is 0 Å². The largest absolute Gasteiger partial charge is 0.384 e. The lowest BCUT2D eigenvalue weighted by Gasteiger charge is -2.31. The van der Waals surface area contributed by atoms with E-state index in [1.807, 2.05) is 12.3 Å². The van der Waals surface area contributed by atoms with E-state index >= 15 is 0 Å². The first kappa shape index (κ1) is 11.1. The van der Waals surface area contributed by atoms with Gasteiger partial charge in [-0.15, -0.1) is 0 Å². The van der Waals surface area contributed by atoms with Crippen LogP contribution in [0.15, 0.2) is 36.5 Å². The Kier molecular flexibility index (Phi) is 2.67. The molecule has 0 saturated heterocycles. The topological polar surface area (TPSA) is 42.1 Å². The summed E-state index contributed by atoms with van der Waals surface area (Å²) >= 11 is 0. The molecule has 92 valence electrons. The minimum absolute atomic E-state index is 0.591. The van der Waals surface area contributed by atoms with Crippen molar-refractivity contribution in [3.05, 3.63) is 53.2 Å². The molecule has 1 aromatic heterocycles. The number of hydrogen-bond acceptors (Lipinski definition) is 3. The number of anilines is 2. The fourth-order valence-electron chi connectivity index (χ4n) is 2.60. The van der Waals surface area contributed by atoms with Gasteiger partial charge in [0.05, 0.1) is 11.9 Å². The van der Waals surface area contributed by atoms with E-state index in [0.29, 0.717) is 5.82 Å². The van der Waals surface area contributed by atoms with Crippen LogP contribution in [0.25, 0.3) is 0 Å². The van der Waals surface area contributed by atoms with Crippen LogP contribution in [0, 0.1) is 6.92 Å². The second-order valence-corrected chi connectivity index (χ2v) is 4.84. The van der Waals surface area contributed by atoms with Crippen LogP contribution in [0.4, 0.5) is 11.5 Å². The maximum atomic E-state index is 5.70. The van der Waals surface area contributed by atoms with Crippen molar-refractivity contribution >= 4 is 11.5 Å². The van der Waals surface area contributed by atoms with Gasteiger partial charge in [-0.25, -0.2) is 4.98 Å². The van der Waals surface area contributed by atoms with E-state index in [0.717, 1.165) is 19.5 Å². The molecule has 3 nitrogen and oxygen atoms in total. The van der Waals surface area contributed by atoms with Crippen LogP contribution in [-0.4, -0.2) is 11.5 Å². The van der Waals surface area contributed by atoms with E-state index in [1.54, 1.807) is 0 Å². The van der Waals surface area contributed by atoms with E-state index in [4.69, 9.17) is 5.73 Å². The van der Waals surface area contributed by atoms with E-state index < -0.39 is 0 Å². The third-order valence-corrected chi connectivity index (χ3v) is 3.58. The lowest BCUT2D eigenvalue weighted by molar-refractivity contribution is 0.728. The number of nitrogens with zero attached hydrogens (tertiary/aromatic N) is 2. The summed E-state index contributed by atoms with van der Waals surface area (Å²) in [5.41, 5.74) is 11.0. The Morgan fingerprint density at radius 3 is 2.78 bits per heavy atom. The highest BCUT2D eigenvalue weighted by molar-refractivity contribution is 5.56. The van der Waals surface area contributed by atoms with Crippen molar-refractivity contribution in [3.63, 3.8) is 0 Å². The van der Waals surface area contributed by atoms with Crippen LogP contribution in [0.1, 0.15) is 16.7 Å². The smallest absolute Gasteiger partial charge is 0.123 e. The van der Waals surface area contributed by atoms with Gasteiger partial charge >= 0.3 is 0 Å². The average Bonchev–Trinajstić information content (AvgIpc) is 2.38. The van der Waals surface area contributed by atoms with Gasteiger partial charge in [-0.05, 0) is 36.1 Å². The molecule has 0 unspecified atom stereocenters. The van der Waals surface area contributed by atoms with Crippen molar-refractivity contribution < 1.29 is 0 Å². The molecule has 0 atom stereocenters. The van der Waals surface area contributed by atoms with Gasteiger partial charge < -0.3 is 10.6 Å². The molecule has 2 aromatic rings. The monoisotopic (exact) mass is 239 g/mol. The molecule has 0 aliphatic carbocycles. The highest BCUT2D eigenvalue weighted by atomic mass is 15.1. The summed E-state index contributed by atoms with van der Waals surface area (Å²) in [5, 5.41) is 0. The molecule has 18 heavy (non-hydrogen) atoms. The standard InChI is InChI=1S/C15H17N3/c1-11-8-15(16)17-9-14(11)18-7-6-12-4-2-3-5-13(12)10-18/h2-5,8-9H,6-7,10H2,1H3,(H2,16,17). The van der Waals surface area contributed by atoms with Crippen molar-refractivity contribution in [1.29, 1.82) is 0 Å². The van der Waals surface area contributed by atoms with Crippen molar-refractivity contribution in [2.75, 3.05) is 17.2 Å². The second-order valence-electron chi connectivity index (χ2n) is 4.84. The Morgan fingerprint density at radius 2 is 2.00 bits per heavy atom. The number of benzene rings is 1. The van der Waals surface area contributed by atoms with Gasteiger partial charge in [0, 0.05) is 13.1 Å². The Hall–Kier alpha value is -2.03. The van der Waals surface area contributed by atoms with Crippen molar-refractivity contribution in [1.82, 2.24) is 4.98 Å². The van der Waals surface area contributed by atoms with Gasteiger partial charge in [0.2, 0.25) is 0 Å². The van der Waals surface area contributed by atoms with Gasteiger partial charge in [0.15, 0.2) is 0 Å². The quantitative estimate of drug-likeness (QED) is 0.831. The molecule has 1 aliphatic rings. The number of hydrogen-bond donors (Lipinski definition) is 1. The Balaban J connectivity index is 1.92. The third-order valence-electron chi connectivity index (χ3n) is 3.58. The molecule has 0 bridgehead atoms. The first-order chi connectivity index (χ1) is 8.74. The van der Waals surface area contributed by atoms with Crippen LogP contribution in [0.2, 0.25) is 0 Å². The summed E-state index contributed by atoms with van der Waals surface area (Å²) in [7, 11) is 0. The van der Waals surface area contributed by atoms with Crippen LogP contribution in [-0.2, 0) is 13.0 Å². The number of nitrogen functional groups attached to an aromatic ring is 1. The predicted octanol–water partition coefficient (Wildman–Crippen LogP) is 2.53. The second kappa shape index (κ2) is 4.33. The number of fused-ring (bicyclic) bond motifs is 1. The van der Waals surface area contributed by atoms with Gasteiger partial charge in [-0.1, -0.05) is 24.3 Å². The molecule has 2 heterocycles. The third kappa shape index (κ3) is 1.92. The predicted molar refractivity (Wildman–Crippen MR) is 74.6 cm³/mol. The van der Waals surface area contributed by atoms with E-state index in [9.17, 15) is 0 Å². The molecule has 0 amide bonds. The Labute approximate surface area is 107 Å². The highest BCUT2D eigenvalue weighted by Crippen LogP contribution is 2.26. The zero-order valence-corrected chi connectivity index (χ0v) is 10.6. The SMILES string of the molecule is Cc1cc(N)ncc1N1CCc2ccccc2C1. The maximum absolute atomic E-state index is 5.70. The van der Waals surface area contributed by atoms with Crippen molar-refractivity contribution in [2.45, 2.75) is 19.9 Å². The van der Waals surface area contributed by atoms with Crippen LogP contribution in [0.5, 0.6) is 0 Å². The van der Waals surface area contributed by atoms with Gasteiger partial charge in [-0.3, -0.25) is 0 Å². The summed E-state index contributed by atoms with van der Waals surface area (Å²) in [6.45, 7) is 4.10. The summed E-state index contributed by atoms with van der Waals surface area (Å²) in [4.78, 5) is 6.59. The summed E-state index contributed by atoms with van der Waals surface area (Å²) in [5.74, 6) is 0.591. The lowest BCUT2D eigenvalue weighted by Crippen LogP contribution is -2.30. The Bertz CT molecular complexity index is 578. The summed E-state index contributed by atoms with van der Waals surface area (Å²) in [6, 6.07) is 10.6. The molecule has 1 aliphatic heterocycles. The zero-order chi connectivity index (χ0) is 12.5. The molecule has 1 aromatic carbocycles. The molecule has 3 rings (SSSR count). The van der Waals surface area contributed by atoms with Crippen molar-refractivity contribution in [3.8, 4) is 0 Å². The highest BCUT2D eigenvalue weighted by Gasteiger charge is 2.17. The molecule has 0 spiro atoms. The lowest BCUT2D eigenvalue weighted by atomic mass is 9.99. The van der Waals surface area contributed by atoms with Crippen LogP contribution < -0.4 is 10.6 Å². The van der Waals surface area contributed by atoms with Crippen LogP contribution in [0.3, 0.4) is 0 Å². The van der Waals surface area contributed by atoms with Gasteiger partial charge in [-0.2, -0.15) is 0 Å². The first-order valence-electron chi connectivity index (χ1n) is 6.28. The molecule has 2 N–H and O–H groups in total. The fourth-order valence-corrected chi connectivity index (χ4v) is 2.60. The molecular weight excluding hydrogens is 222 g/mol. The molecule has 0 fully saturated rings. The maximum Gasteiger partial charge on any atom is 0.123 e. The minimum atomic E-state index is 0.591. The molecule has 0 saturated carbocycles. The van der Waals surface area contributed by atoms with Crippen LogP contribution >= 0.6 is 0 Å².